The molecule has 0 aliphatic carbocycles. The van der Waals surface area contributed by atoms with Gasteiger partial charge in [-0.25, -0.2) is 4.98 Å². The van der Waals surface area contributed by atoms with Gasteiger partial charge in [-0.05, 0) is 24.3 Å². The first-order valence-electron chi connectivity index (χ1n) is 8.63. The summed E-state index contributed by atoms with van der Waals surface area (Å²) in [6, 6.07) is 13.1. The molecule has 0 fully saturated rings. The Hall–Kier alpha value is -3.55. The van der Waals surface area contributed by atoms with Gasteiger partial charge in [-0.15, -0.1) is 10.2 Å². The lowest BCUT2D eigenvalue weighted by atomic mass is 10.2. The second kappa shape index (κ2) is 6.99. The van der Waals surface area contributed by atoms with E-state index in [0.717, 1.165) is 16.9 Å². The predicted molar refractivity (Wildman–Crippen MR) is 100 cm³/mol. The Labute approximate surface area is 154 Å². The lowest BCUT2D eigenvalue weighted by Crippen LogP contribution is -2.27. The molecule has 4 aromatic rings. The van der Waals surface area contributed by atoms with E-state index >= 15 is 0 Å². The van der Waals surface area contributed by atoms with Crippen molar-refractivity contribution in [3.63, 3.8) is 0 Å². The number of nitrogens with zero attached hydrogens (tertiary/aromatic N) is 5. The van der Waals surface area contributed by atoms with E-state index in [2.05, 4.69) is 20.5 Å². The van der Waals surface area contributed by atoms with Gasteiger partial charge >= 0.3 is 0 Å². The smallest absolute Gasteiger partial charge is 0.279 e. The summed E-state index contributed by atoms with van der Waals surface area (Å²) in [6.07, 6.45) is 2.03. The standard InChI is InChI=1S/C19H18N6O2/c1-24-15-7-3-2-6-13(15)21-17(24)12-20-18(26)10-9-14-19(27)25-11-5-4-8-16(25)23-22-14/h2-8,11H,9-10,12H2,1H3,(H,20,26). The van der Waals surface area contributed by atoms with E-state index in [1.807, 2.05) is 35.9 Å². The highest BCUT2D eigenvalue weighted by molar-refractivity contribution is 5.77. The second-order valence-electron chi connectivity index (χ2n) is 6.23. The highest BCUT2D eigenvalue weighted by atomic mass is 16.1. The summed E-state index contributed by atoms with van der Waals surface area (Å²) in [5.41, 5.74) is 2.42. The summed E-state index contributed by atoms with van der Waals surface area (Å²) in [5, 5.41) is 10.8. The van der Waals surface area contributed by atoms with Gasteiger partial charge in [0.2, 0.25) is 5.91 Å². The number of rotatable bonds is 5. The van der Waals surface area contributed by atoms with Crippen molar-refractivity contribution < 1.29 is 4.79 Å². The van der Waals surface area contributed by atoms with Crippen LogP contribution in [0.2, 0.25) is 0 Å². The van der Waals surface area contributed by atoms with Crippen LogP contribution in [-0.4, -0.2) is 30.1 Å². The van der Waals surface area contributed by atoms with Crippen LogP contribution in [0.3, 0.4) is 0 Å². The third-order valence-corrected chi connectivity index (χ3v) is 4.49. The van der Waals surface area contributed by atoms with Crippen molar-refractivity contribution in [2.45, 2.75) is 19.4 Å². The molecule has 0 atom stereocenters. The van der Waals surface area contributed by atoms with E-state index in [4.69, 9.17) is 0 Å². The maximum absolute atomic E-state index is 12.4. The zero-order valence-corrected chi connectivity index (χ0v) is 14.8. The Morgan fingerprint density at radius 1 is 1.11 bits per heavy atom. The number of carbonyl (C=O) groups is 1. The highest BCUT2D eigenvalue weighted by Gasteiger charge is 2.11. The predicted octanol–water partition coefficient (Wildman–Crippen LogP) is 1.23. The molecule has 0 radical (unpaired) electrons. The monoisotopic (exact) mass is 362 g/mol. The Morgan fingerprint density at radius 3 is 2.78 bits per heavy atom. The lowest BCUT2D eigenvalue weighted by molar-refractivity contribution is -0.121. The fourth-order valence-electron chi connectivity index (χ4n) is 2.99. The normalized spacial score (nSPS) is 11.1. The molecule has 27 heavy (non-hydrogen) atoms. The minimum atomic E-state index is -0.247. The van der Waals surface area contributed by atoms with Crippen LogP contribution in [0.1, 0.15) is 17.9 Å². The zero-order valence-electron chi connectivity index (χ0n) is 14.8. The lowest BCUT2D eigenvalue weighted by Gasteiger charge is -2.06. The van der Waals surface area contributed by atoms with E-state index in [0.29, 0.717) is 12.2 Å². The van der Waals surface area contributed by atoms with Gasteiger partial charge in [0.1, 0.15) is 11.5 Å². The summed E-state index contributed by atoms with van der Waals surface area (Å²) in [5.74, 6) is 0.608. The Morgan fingerprint density at radius 2 is 1.93 bits per heavy atom. The molecule has 0 aliphatic heterocycles. The van der Waals surface area contributed by atoms with Crippen molar-refractivity contribution in [3.8, 4) is 0 Å². The average Bonchev–Trinajstić information content (AvgIpc) is 3.02. The number of aromatic nitrogens is 5. The minimum absolute atomic E-state index is 0.159. The third-order valence-electron chi connectivity index (χ3n) is 4.49. The van der Waals surface area contributed by atoms with Gasteiger partial charge in [0.05, 0.1) is 17.6 Å². The van der Waals surface area contributed by atoms with E-state index < -0.39 is 0 Å². The number of nitrogens with one attached hydrogen (secondary N) is 1. The first-order chi connectivity index (χ1) is 13.1. The maximum Gasteiger partial charge on any atom is 0.279 e. The number of amides is 1. The largest absolute Gasteiger partial charge is 0.349 e. The van der Waals surface area contributed by atoms with Crippen LogP contribution < -0.4 is 10.9 Å². The Bertz CT molecular complexity index is 1190. The summed E-state index contributed by atoms with van der Waals surface area (Å²) < 4.78 is 3.39. The first-order valence-corrected chi connectivity index (χ1v) is 8.63. The molecule has 1 aromatic carbocycles. The molecular formula is C19H18N6O2. The zero-order chi connectivity index (χ0) is 18.8. The molecule has 136 valence electrons. The maximum atomic E-state index is 12.4. The summed E-state index contributed by atoms with van der Waals surface area (Å²) in [6.45, 7) is 0.326. The van der Waals surface area contributed by atoms with Crippen molar-refractivity contribution in [2.75, 3.05) is 0 Å². The molecule has 0 saturated carbocycles. The van der Waals surface area contributed by atoms with E-state index in [-0.39, 0.29) is 30.0 Å². The molecule has 4 rings (SSSR count). The summed E-state index contributed by atoms with van der Waals surface area (Å²) in [4.78, 5) is 29.1. The topological polar surface area (TPSA) is 94.2 Å². The number of imidazole rings is 1. The molecule has 0 bridgehead atoms. The van der Waals surface area contributed by atoms with Gasteiger partial charge < -0.3 is 9.88 Å². The SMILES string of the molecule is Cn1c(CNC(=O)CCc2nnc3ccccn3c2=O)nc2ccccc21. The van der Waals surface area contributed by atoms with Gasteiger partial charge in [-0.1, -0.05) is 18.2 Å². The molecule has 8 nitrogen and oxygen atoms in total. The quantitative estimate of drug-likeness (QED) is 0.576. The second-order valence-corrected chi connectivity index (χ2v) is 6.23. The molecule has 0 saturated heterocycles. The number of hydrogen-bond acceptors (Lipinski definition) is 5. The van der Waals surface area contributed by atoms with Crippen molar-refractivity contribution in [1.82, 2.24) is 29.5 Å². The van der Waals surface area contributed by atoms with E-state index in [1.165, 1.54) is 4.40 Å². The summed E-state index contributed by atoms with van der Waals surface area (Å²) >= 11 is 0. The molecule has 1 N–H and O–H groups in total. The van der Waals surface area contributed by atoms with Crippen molar-refractivity contribution in [3.05, 3.63) is 70.5 Å². The minimum Gasteiger partial charge on any atom is -0.349 e. The summed E-state index contributed by atoms with van der Waals surface area (Å²) in [7, 11) is 1.92. The highest BCUT2D eigenvalue weighted by Crippen LogP contribution is 2.13. The molecule has 3 aromatic heterocycles. The van der Waals surface area contributed by atoms with Crippen LogP contribution in [0.5, 0.6) is 0 Å². The van der Waals surface area contributed by atoms with E-state index in [1.54, 1.807) is 24.4 Å². The molecule has 0 unspecified atom stereocenters. The fraction of sp³-hybridized carbons (Fsp3) is 0.211. The van der Waals surface area contributed by atoms with Gasteiger partial charge in [0, 0.05) is 26.1 Å². The van der Waals surface area contributed by atoms with Crippen LogP contribution in [-0.2, 0) is 24.8 Å². The van der Waals surface area contributed by atoms with Crippen LogP contribution in [0.25, 0.3) is 16.7 Å². The number of benzene rings is 1. The Kier molecular flexibility index (Phi) is 4.37. The average molecular weight is 362 g/mol. The Balaban J connectivity index is 1.40. The van der Waals surface area contributed by atoms with Gasteiger partial charge in [-0.3, -0.25) is 14.0 Å². The number of pyridine rings is 1. The van der Waals surface area contributed by atoms with Crippen LogP contribution in [0.4, 0.5) is 0 Å². The molecular weight excluding hydrogens is 344 g/mol. The number of fused-ring (bicyclic) bond motifs is 2. The van der Waals surface area contributed by atoms with E-state index in [9.17, 15) is 9.59 Å². The van der Waals surface area contributed by atoms with Crippen LogP contribution >= 0.6 is 0 Å². The van der Waals surface area contributed by atoms with Crippen molar-refractivity contribution in [1.29, 1.82) is 0 Å². The van der Waals surface area contributed by atoms with Crippen LogP contribution in [0, 0.1) is 0 Å². The van der Waals surface area contributed by atoms with Gasteiger partial charge in [0.15, 0.2) is 5.65 Å². The first kappa shape index (κ1) is 16.9. The third kappa shape index (κ3) is 3.29. The molecule has 8 heteroatoms. The number of para-hydroxylation sites is 2. The molecule has 0 aliphatic rings. The van der Waals surface area contributed by atoms with Crippen LogP contribution in [0.15, 0.2) is 53.5 Å². The van der Waals surface area contributed by atoms with Crippen molar-refractivity contribution in [2.24, 2.45) is 7.05 Å². The number of carbonyl (C=O) groups excluding carboxylic acids is 1. The molecule has 1 amide bonds. The molecule has 3 heterocycles. The van der Waals surface area contributed by atoms with Gasteiger partial charge in [0.25, 0.3) is 5.56 Å². The van der Waals surface area contributed by atoms with Gasteiger partial charge in [-0.2, -0.15) is 0 Å². The number of hydrogen-bond donors (Lipinski definition) is 1. The molecule has 0 spiro atoms. The van der Waals surface area contributed by atoms with Crippen molar-refractivity contribution >= 4 is 22.6 Å². The fourth-order valence-corrected chi connectivity index (χ4v) is 2.99. The number of aryl methyl sites for hydroxylation is 2.